The molecule has 6 heteroatoms. The van der Waals surface area contributed by atoms with Crippen molar-refractivity contribution in [3.05, 3.63) is 0 Å². The fraction of sp³-hybridized carbons (Fsp3) is 1.00. The number of alkyl halides is 3. The Hall–Kier alpha value is 0.690. The Bertz CT molecular complexity index is 61.2. The third-order valence-corrected chi connectivity index (χ3v) is 1.63. The first-order chi connectivity index (χ1) is 2.94. The zero-order valence-corrected chi connectivity index (χ0v) is 5.46. The summed E-state index contributed by atoms with van der Waals surface area (Å²) >= 11 is 1.74. The standard InChI is InChI=1S/CH2BrF2O2P/c2-1(3,4)7(5)6/h5-6H. The fourth-order valence-corrected chi connectivity index (χ4v) is 0. The van der Waals surface area contributed by atoms with Crippen LogP contribution in [0, 0.1) is 0 Å². The van der Waals surface area contributed by atoms with Gasteiger partial charge in [-0.1, -0.05) is 0 Å². The van der Waals surface area contributed by atoms with Crippen molar-refractivity contribution in [3.8, 4) is 0 Å². The Labute approximate surface area is 48.2 Å². The maximum Gasteiger partial charge on any atom is 0.367 e. The van der Waals surface area contributed by atoms with Crippen molar-refractivity contribution in [2.24, 2.45) is 0 Å². The lowest BCUT2D eigenvalue weighted by Gasteiger charge is -2.06. The highest BCUT2D eigenvalue weighted by atomic mass is 79.9. The van der Waals surface area contributed by atoms with Gasteiger partial charge >= 0.3 is 4.57 Å². The van der Waals surface area contributed by atoms with E-state index in [9.17, 15) is 8.78 Å². The molecule has 0 fully saturated rings. The van der Waals surface area contributed by atoms with Crippen molar-refractivity contribution in [2.45, 2.75) is 4.57 Å². The molecule has 0 aliphatic carbocycles. The molecule has 0 amide bonds. The normalized spacial score (nSPS) is 12.9. The number of hydrogen-bond donors (Lipinski definition) is 2. The highest BCUT2D eigenvalue weighted by molar-refractivity contribution is 9.11. The van der Waals surface area contributed by atoms with E-state index in [1.807, 2.05) is 0 Å². The minimum absolute atomic E-state index is 1.74. The molecular formula is CH2BrF2O2P. The van der Waals surface area contributed by atoms with Gasteiger partial charge in [-0.3, -0.25) is 0 Å². The van der Waals surface area contributed by atoms with Gasteiger partial charge in [-0.25, -0.2) is 0 Å². The van der Waals surface area contributed by atoms with E-state index in [4.69, 9.17) is 9.79 Å². The van der Waals surface area contributed by atoms with E-state index in [1.165, 1.54) is 0 Å². The van der Waals surface area contributed by atoms with Crippen LogP contribution in [-0.2, 0) is 0 Å². The topological polar surface area (TPSA) is 40.5 Å². The number of halogens is 3. The highest BCUT2D eigenvalue weighted by Crippen LogP contribution is 2.49. The summed E-state index contributed by atoms with van der Waals surface area (Å²) in [5.74, 6) is 0. The van der Waals surface area contributed by atoms with Gasteiger partial charge in [0, 0.05) is 15.9 Å². The van der Waals surface area contributed by atoms with Crippen molar-refractivity contribution in [2.75, 3.05) is 0 Å². The average molecular weight is 195 g/mol. The molecule has 0 heterocycles. The zero-order valence-electron chi connectivity index (χ0n) is 2.98. The molecule has 0 bridgehead atoms. The van der Waals surface area contributed by atoms with Crippen molar-refractivity contribution < 1.29 is 18.6 Å². The molecule has 0 aromatic carbocycles. The highest BCUT2D eigenvalue weighted by Gasteiger charge is 2.34. The minimum Gasteiger partial charge on any atom is -0.345 e. The molecular weight excluding hydrogens is 193 g/mol. The molecule has 0 atom stereocenters. The average Bonchev–Trinajstić information content (AvgIpc) is 1.31. The van der Waals surface area contributed by atoms with Crippen LogP contribution < -0.4 is 0 Å². The first-order valence-electron chi connectivity index (χ1n) is 1.19. The Morgan fingerprint density at radius 1 is 1.43 bits per heavy atom. The van der Waals surface area contributed by atoms with Crippen LogP contribution in [0.4, 0.5) is 8.78 Å². The molecule has 0 rings (SSSR count). The zero-order chi connectivity index (χ0) is 6.08. The summed E-state index contributed by atoms with van der Waals surface area (Å²) < 4.78 is 19.1. The van der Waals surface area contributed by atoms with Gasteiger partial charge in [0.2, 0.25) is 0 Å². The van der Waals surface area contributed by atoms with Crippen molar-refractivity contribution in [3.63, 3.8) is 0 Å². The van der Waals surface area contributed by atoms with E-state index in [1.54, 1.807) is 15.9 Å². The molecule has 0 spiro atoms. The van der Waals surface area contributed by atoms with Crippen molar-refractivity contribution in [1.82, 2.24) is 0 Å². The second-order valence-corrected chi connectivity index (χ2v) is 3.51. The van der Waals surface area contributed by atoms with Gasteiger partial charge in [0.25, 0.3) is 8.38 Å². The van der Waals surface area contributed by atoms with Crippen molar-refractivity contribution >= 4 is 24.3 Å². The molecule has 0 aliphatic heterocycles. The minimum atomic E-state index is -3.51. The molecule has 0 radical (unpaired) electrons. The monoisotopic (exact) mass is 194 g/mol. The molecule has 0 unspecified atom stereocenters. The summed E-state index contributed by atoms with van der Waals surface area (Å²) in [6.07, 6.45) is 0. The molecule has 44 valence electrons. The molecule has 7 heavy (non-hydrogen) atoms. The maximum absolute atomic E-state index is 11.3. The summed E-state index contributed by atoms with van der Waals surface area (Å²) in [5, 5.41) is 0. The number of rotatable bonds is 1. The molecule has 0 saturated carbocycles. The largest absolute Gasteiger partial charge is 0.367 e. The van der Waals surface area contributed by atoms with Gasteiger partial charge in [0.1, 0.15) is 0 Å². The van der Waals surface area contributed by atoms with E-state index in [2.05, 4.69) is 0 Å². The molecule has 0 saturated heterocycles. The van der Waals surface area contributed by atoms with Crippen LogP contribution in [0.2, 0.25) is 0 Å². The van der Waals surface area contributed by atoms with Crippen LogP contribution in [-0.4, -0.2) is 14.4 Å². The summed E-state index contributed by atoms with van der Waals surface area (Å²) in [6, 6.07) is 0. The Morgan fingerprint density at radius 2 is 1.57 bits per heavy atom. The van der Waals surface area contributed by atoms with Crippen LogP contribution in [0.15, 0.2) is 0 Å². The van der Waals surface area contributed by atoms with Crippen LogP contribution in [0.5, 0.6) is 0 Å². The summed E-state index contributed by atoms with van der Waals surface area (Å²) in [6.45, 7) is 0. The van der Waals surface area contributed by atoms with E-state index in [0.29, 0.717) is 0 Å². The van der Waals surface area contributed by atoms with Gasteiger partial charge in [-0.05, 0) is 0 Å². The molecule has 0 aliphatic rings. The van der Waals surface area contributed by atoms with Crippen LogP contribution in [0.1, 0.15) is 0 Å². The Balaban J connectivity index is 3.54. The van der Waals surface area contributed by atoms with Gasteiger partial charge in [-0.2, -0.15) is 8.78 Å². The maximum atomic E-state index is 11.3. The van der Waals surface area contributed by atoms with E-state index in [0.717, 1.165) is 0 Å². The van der Waals surface area contributed by atoms with Gasteiger partial charge < -0.3 is 9.79 Å². The third-order valence-electron chi connectivity index (χ3n) is 0.227. The molecule has 2 N–H and O–H groups in total. The first-order valence-corrected chi connectivity index (χ1v) is 3.23. The lowest BCUT2D eigenvalue weighted by atomic mass is 11.7. The molecule has 2 nitrogen and oxygen atoms in total. The Kier molecular flexibility index (Phi) is 2.53. The summed E-state index contributed by atoms with van der Waals surface area (Å²) in [5.41, 5.74) is 0. The van der Waals surface area contributed by atoms with E-state index in [-0.39, 0.29) is 0 Å². The van der Waals surface area contributed by atoms with E-state index < -0.39 is 12.9 Å². The second-order valence-electron chi connectivity index (χ2n) is 0.757. The quantitative estimate of drug-likeness (QED) is 0.487. The molecule has 0 aromatic heterocycles. The van der Waals surface area contributed by atoms with Crippen molar-refractivity contribution in [1.29, 1.82) is 0 Å². The second kappa shape index (κ2) is 2.31. The predicted molar refractivity (Wildman–Crippen MR) is 25.2 cm³/mol. The summed E-state index contributed by atoms with van der Waals surface area (Å²) in [7, 11) is -3.16. The van der Waals surface area contributed by atoms with E-state index >= 15 is 0 Å². The SMILES string of the molecule is OP(O)C(F)(F)Br. The smallest absolute Gasteiger partial charge is 0.345 e. The molecule has 0 aromatic rings. The fourth-order valence-electron chi connectivity index (χ4n) is 0. The number of hydrogen-bond acceptors (Lipinski definition) is 2. The summed E-state index contributed by atoms with van der Waals surface area (Å²) in [4.78, 5) is 15.4. The first kappa shape index (κ1) is 7.69. The lowest BCUT2D eigenvalue weighted by molar-refractivity contribution is 0.182. The van der Waals surface area contributed by atoms with Crippen LogP contribution >= 0.6 is 24.3 Å². The lowest BCUT2D eigenvalue weighted by Crippen LogP contribution is -1.99. The predicted octanol–water partition coefficient (Wildman–Crippen LogP) is 1.23. The Morgan fingerprint density at radius 3 is 1.57 bits per heavy atom. The van der Waals surface area contributed by atoms with Crippen LogP contribution in [0.25, 0.3) is 0 Å². The van der Waals surface area contributed by atoms with Gasteiger partial charge in [0.05, 0.1) is 0 Å². The van der Waals surface area contributed by atoms with Gasteiger partial charge in [-0.15, -0.1) is 0 Å². The van der Waals surface area contributed by atoms with Gasteiger partial charge in [0.15, 0.2) is 0 Å². The van der Waals surface area contributed by atoms with Crippen LogP contribution in [0.3, 0.4) is 0 Å². The third kappa shape index (κ3) is 3.29.